The van der Waals surface area contributed by atoms with Gasteiger partial charge in [-0.3, -0.25) is 13.9 Å². The van der Waals surface area contributed by atoms with Crippen LogP contribution in [0.4, 0.5) is 0 Å². The normalized spacial score (nSPS) is 32.8. The Labute approximate surface area is 143 Å². The molecule has 1 aliphatic heterocycles. The summed E-state index contributed by atoms with van der Waals surface area (Å²) in [6.07, 6.45) is -5.87. The molecule has 1 amide bonds. The molecule has 0 bridgehead atoms. The molecule has 6 atom stereocenters. The summed E-state index contributed by atoms with van der Waals surface area (Å²) in [5.41, 5.74) is 0. The van der Waals surface area contributed by atoms with E-state index in [1.54, 1.807) is 6.92 Å². The van der Waals surface area contributed by atoms with Crippen molar-refractivity contribution in [3.8, 4) is 0 Å². The Bertz CT molecular complexity index is 552. The van der Waals surface area contributed by atoms with Gasteiger partial charge in [-0.05, 0) is 6.42 Å². The third-order valence-corrected chi connectivity index (χ3v) is 6.78. The monoisotopic (exact) mass is 407 g/mol. The minimum atomic E-state index is -4.82. The molecule has 148 valence electrons. The molecular formula is C11H23NO11P2. The lowest BCUT2D eigenvalue weighted by Gasteiger charge is -2.40. The van der Waals surface area contributed by atoms with Gasteiger partial charge in [-0.1, -0.05) is 6.92 Å². The summed E-state index contributed by atoms with van der Waals surface area (Å²) in [6.45, 7) is 0.926. The van der Waals surface area contributed by atoms with Gasteiger partial charge in [-0.25, -0.2) is 0 Å². The van der Waals surface area contributed by atoms with Gasteiger partial charge < -0.3 is 44.6 Å². The fraction of sp³-hybridized carbons (Fsp3) is 0.909. The molecule has 0 aliphatic carbocycles. The molecule has 0 saturated carbocycles. The second kappa shape index (κ2) is 9.01. The van der Waals surface area contributed by atoms with Gasteiger partial charge in [0.25, 0.3) is 0 Å². The van der Waals surface area contributed by atoms with Gasteiger partial charge in [-0.2, -0.15) is 0 Å². The smallest absolute Gasteiger partial charge is 0.340 e. The van der Waals surface area contributed by atoms with Crippen molar-refractivity contribution in [1.29, 1.82) is 0 Å². The van der Waals surface area contributed by atoms with Crippen molar-refractivity contribution in [1.82, 2.24) is 5.32 Å². The van der Waals surface area contributed by atoms with Crippen molar-refractivity contribution >= 4 is 21.1 Å². The van der Waals surface area contributed by atoms with Gasteiger partial charge in [-0.15, -0.1) is 0 Å². The maximum atomic E-state index is 11.5. The van der Waals surface area contributed by atoms with Crippen LogP contribution >= 0.6 is 15.2 Å². The Hall–Kier alpha value is -0.390. The van der Waals surface area contributed by atoms with Gasteiger partial charge in [0.2, 0.25) is 5.91 Å². The fourth-order valence-corrected chi connectivity index (χ4v) is 4.76. The molecule has 25 heavy (non-hydrogen) atoms. The number of hydrogen-bond donors (Lipinski definition) is 7. The standard InChI is InChI=1S/C11H23NO11P2/c1-2-3-7(13)12-8-10(15)9(14)6(23-11(8)16)4-22-25(20,21)5-24(17,18)19/h6,8-11,14-16H,2-5H2,1H3,(H,12,13)(H,20,21)(H2,17,18,19)/t6-,8-,9-,10-,11?/m1/s1. The number of carbonyl (C=O) groups excluding carboxylic acids is 1. The zero-order valence-corrected chi connectivity index (χ0v) is 15.1. The van der Waals surface area contributed by atoms with Crippen molar-refractivity contribution in [3.63, 3.8) is 0 Å². The van der Waals surface area contributed by atoms with Crippen LogP contribution < -0.4 is 5.32 Å². The van der Waals surface area contributed by atoms with Crippen LogP contribution in [-0.4, -0.2) is 79.1 Å². The number of aliphatic hydroxyl groups excluding tert-OH is 3. The maximum absolute atomic E-state index is 11.5. The first-order valence-electron chi connectivity index (χ1n) is 7.36. The van der Waals surface area contributed by atoms with Crippen LogP contribution in [0.2, 0.25) is 0 Å². The SMILES string of the molecule is CCCC(=O)N[C@H]1C(O)O[C@H](COP(=O)(O)CP(=O)(O)O)[C@@H](O)[C@@H]1O. The number of ether oxygens (including phenoxy) is 1. The van der Waals surface area contributed by atoms with Gasteiger partial charge in [0.15, 0.2) is 12.2 Å². The first-order chi connectivity index (χ1) is 11.4. The van der Waals surface area contributed by atoms with E-state index in [1.165, 1.54) is 0 Å². The second-order valence-corrected chi connectivity index (χ2v) is 9.62. The first-order valence-corrected chi connectivity index (χ1v) is 10.9. The van der Waals surface area contributed by atoms with Crippen molar-refractivity contribution in [2.45, 2.75) is 50.4 Å². The minimum absolute atomic E-state index is 0.134. The van der Waals surface area contributed by atoms with Crippen LogP contribution in [0.25, 0.3) is 0 Å². The quantitative estimate of drug-likeness (QED) is 0.220. The Morgan fingerprint density at radius 2 is 1.76 bits per heavy atom. The summed E-state index contributed by atoms with van der Waals surface area (Å²) in [6, 6.07) is -1.32. The second-order valence-electron chi connectivity index (χ2n) is 5.63. The summed E-state index contributed by atoms with van der Waals surface area (Å²) >= 11 is 0. The third-order valence-electron chi connectivity index (χ3n) is 3.33. The summed E-state index contributed by atoms with van der Waals surface area (Å²) in [7, 11) is -9.50. The molecule has 0 radical (unpaired) electrons. The molecule has 0 aromatic carbocycles. The molecular weight excluding hydrogens is 384 g/mol. The van der Waals surface area contributed by atoms with Crippen LogP contribution in [0.5, 0.6) is 0 Å². The summed E-state index contributed by atoms with van der Waals surface area (Å²) in [4.78, 5) is 38.3. The first kappa shape index (κ1) is 22.7. The van der Waals surface area contributed by atoms with Gasteiger partial charge in [0, 0.05) is 6.42 Å². The van der Waals surface area contributed by atoms with E-state index in [2.05, 4.69) is 9.84 Å². The van der Waals surface area contributed by atoms with E-state index in [0.717, 1.165) is 0 Å². The predicted octanol–water partition coefficient (Wildman–Crippen LogP) is -1.95. The van der Waals surface area contributed by atoms with E-state index in [9.17, 15) is 34.1 Å². The molecule has 1 rings (SSSR count). The lowest BCUT2D eigenvalue weighted by molar-refractivity contribution is -0.252. The Morgan fingerprint density at radius 3 is 2.28 bits per heavy atom. The summed E-state index contributed by atoms with van der Waals surface area (Å²) in [5, 5.41) is 32.1. The summed E-state index contributed by atoms with van der Waals surface area (Å²) < 4.78 is 31.7. The van der Waals surface area contributed by atoms with E-state index in [-0.39, 0.29) is 6.42 Å². The van der Waals surface area contributed by atoms with E-state index in [0.29, 0.717) is 6.42 Å². The molecule has 14 heteroatoms. The van der Waals surface area contributed by atoms with Crippen LogP contribution in [0.3, 0.4) is 0 Å². The summed E-state index contributed by atoms with van der Waals surface area (Å²) in [5.74, 6) is -1.90. The number of nitrogens with one attached hydrogen (secondary N) is 1. The number of rotatable bonds is 8. The van der Waals surface area contributed by atoms with E-state index in [1.807, 2.05) is 0 Å². The lowest BCUT2D eigenvalue weighted by Crippen LogP contribution is -2.64. The van der Waals surface area contributed by atoms with Crippen molar-refractivity contribution in [2.75, 3.05) is 12.5 Å². The topological polar surface area (TPSA) is 203 Å². The highest BCUT2D eigenvalue weighted by molar-refractivity contribution is 7.70. The van der Waals surface area contributed by atoms with Gasteiger partial charge in [0.1, 0.15) is 24.4 Å². The average Bonchev–Trinajstić information content (AvgIpc) is 2.44. The van der Waals surface area contributed by atoms with Crippen LogP contribution in [-0.2, 0) is 23.2 Å². The van der Waals surface area contributed by atoms with Crippen LogP contribution in [0.1, 0.15) is 19.8 Å². The number of aliphatic hydroxyl groups is 3. The highest BCUT2D eigenvalue weighted by Gasteiger charge is 2.45. The Balaban J connectivity index is 2.66. The molecule has 1 saturated heterocycles. The predicted molar refractivity (Wildman–Crippen MR) is 82.4 cm³/mol. The van der Waals surface area contributed by atoms with Crippen molar-refractivity contribution in [3.05, 3.63) is 0 Å². The molecule has 1 fully saturated rings. The Morgan fingerprint density at radius 1 is 1.16 bits per heavy atom. The van der Waals surface area contributed by atoms with Crippen LogP contribution in [0.15, 0.2) is 0 Å². The number of carbonyl (C=O) groups is 1. The highest BCUT2D eigenvalue weighted by Crippen LogP contribution is 2.55. The molecule has 1 aliphatic rings. The molecule has 0 aromatic heterocycles. The number of hydrogen-bond acceptors (Lipinski definition) is 8. The largest absolute Gasteiger partial charge is 0.388 e. The van der Waals surface area contributed by atoms with Crippen molar-refractivity contribution < 1.29 is 53.2 Å². The zero-order valence-electron chi connectivity index (χ0n) is 13.3. The molecule has 2 unspecified atom stereocenters. The minimum Gasteiger partial charge on any atom is -0.388 e. The van der Waals surface area contributed by atoms with E-state index in [4.69, 9.17) is 14.5 Å². The molecule has 7 N–H and O–H groups in total. The molecule has 1 heterocycles. The van der Waals surface area contributed by atoms with E-state index >= 15 is 0 Å². The lowest BCUT2D eigenvalue weighted by atomic mass is 9.97. The number of amides is 1. The third kappa shape index (κ3) is 7.40. The van der Waals surface area contributed by atoms with Gasteiger partial charge in [0.05, 0.1) is 6.61 Å². The maximum Gasteiger partial charge on any atom is 0.340 e. The molecule has 0 aromatic rings. The van der Waals surface area contributed by atoms with Gasteiger partial charge >= 0.3 is 15.2 Å². The van der Waals surface area contributed by atoms with E-state index < -0.39 is 64.3 Å². The molecule has 12 nitrogen and oxygen atoms in total. The van der Waals surface area contributed by atoms with Crippen molar-refractivity contribution in [2.24, 2.45) is 0 Å². The Kier molecular flexibility index (Phi) is 8.16. The zero-order chi connectivity index (χ0) is 19.4. The van der Waals surface area contributed by atoms with Crippen LogP contribution in [0, 0.1) is 0 Å². The fourth-order valence-electron chi connectivity index (χ4n) is 2.19. The average molecular weight is 407 g/mol. The molecule has 0 spiro atoms. The highest BCUT2D eigenvalue weighted by atomic mass is 31.2.